The van der Waals surface area contributed by atoms with Gasteiger partial charge in [0.2, 0.25) is 0 Å². The maximum Gasteiger partial charge on any atom is 0.255 e. The highest BCUT2D eigenvalue weighted by atomic mass is 16.3. The van der Waals surface area contributed by atoms with Crippen LogP contribution in [0.3, 0.4) is 0 Å². The van der Waals surface area contributed by atoms with Crippen molar-refractivity contribution in [3.63, 3.8) is 0 Å². The molecule has 1 aromatic rings. The van der Waals surface area contributed by atoms with Crippen LogP contribution in [0.4, 0.5) is 5.82 Å². The molecular weight excluding hydrogens is 244 g/mol. The number of hydrazine groups is 1. The van der Waals surface area contributed by atoms with Crippen LogP contribution in [0, 0.1) is 0 Å². The second-order valence-corrected chi connectivity index (χ2v) is 4.91. The van der Waals surface area contributed by atoms with Gasteiger partial charge in [-0.05, 0) is 25.0 Å². The van der Waals surface area contributed by atoms with Crippen molar-refractivity contribution in [3.05, 3.63) is 23.9 Å². The number of carbonyl (C=O) groups is 1. The third kappa shape index (κ3) is 3.02. The Hall–Kier alpha value is -1.66. The molecule has 2 rings (SSSR count). The molecule has 1 fully saturated rings. The van der Waals surface area contributed by atoms with Crippen molar-refractivity contribution in [1.82, 2.24) is 9.88 Å². The highest BCUT2D eigenvalue weighted by molar-refractivity contribution is 5.94. The van der Waals surface area contributed by atoms with Crippen LogP contribution in [0.25, 0.3) is 0 Å². The van der Waals surface area contributed by atoms with E-state index in [1.807, 2.05) is 0 Å². The van der Waals surface area contributed by atoms with Gasteiger partial charge in [0.05, 0.1) is 17.7 Å². The van der Waals surface area contributed by atoms with Crippen LogP contribution < -0.4 is 11.3 Å². The van der Waals surface area contributed by atoms with E-state index in [0.29, 0.717) is 11.4 Å². The number of hydrogen-bond acceptors (Lipinski definition) is 5. The molecule has 0 saturated heterocycles. The van der Waals surface area contributed by atoms with Gasteiger partial charge < -0.3 is 15.4 Å². The first kappa shape index (κ1) is 13.8. The van der Waals surface area contributed by atoms with Crippen LogP contribution in [0.15, 0.2) is 18.3 Å². The van der Waals surface area contributed by atoms with Crippen molar-refractivity contribution in [1.29, 1.82) is 0 Å². The van der Waals surface area contributed by atoms with Crippen LogP contribution in [-0.2, 0) is 0 Å². The van der Waals surface area contributed by atoms with E-state index in [2.05, 4.69) is 10.4 Å². The van der Waals surface area contributed by atoms with Gasteiger partial charge in [-0.25, -0.2) is 10.8 Å². The molecule has 1 amide bonds. The van der Waals surface area contributed by atoms with Gasteiger partial charge in [0.15, 0.2) is 0 Å². The monoisotopic (exact) mass is 264 g/mol. The summed E-state index contributed by atoms with van der Waals surface area (Å²) in [6.45, 7) is 0. The lowest BCUT2D eigenvalue weighted by Gasteiger charge is -2.35. The SMILES string of the molecule is CN(C(=O)c1ccc(NN)nc1)C1CCCCC1O. The number of amides is 1. The molecule has 0 aromatic carbocycles. The van der Waals surface area contributed by atoms with Crippen LogP contribution in [0.5, 0.6) is 0 Å². The summed E-state index contributed by atoms with van der Waals surface area (Å²) in [5.41, 5.74) is 2.92. The Morgan fingerprint density at radius 2 is 2.21 bits per heavy atom. The Bertz CT molecular complexity index is 435. The van der Waals surface area contributed by atoms with Crippen molar-refractivity contribution in [2.75, 3.05) is 12.5 Å². The minimum atomic E-state index is -0.430. The van der Waals surface area contributed by atoms with Crippen LogP contribution in [-0.4, -0.2) is 40.1 Å². The molecule has 6 heteroatoms. The van der Waals surface area contributed by atoms with E-state index >= 15 is 0 Å². The molecule has 0 radical (unpaired) electrons. The molecule has 1 heterocycles. The molecule has 2 atom stereocenters. The number of rotatable bonds is 3. The molecule has 0 aliphatic heterocycles. The van der Waals surface area contributed by atoms with Crippen molar-refractivity contribution in [2.24, 2.45) is 5.84 Å². The first-order valence-corrected chi connectivity index (χ1v) is 6.51. The third-order valence-electron chi connectivity index (χ3n) is 3.67. The maximum atomic E-state index is 12.3. The van der Waals surface area contributed by atoms with Gasteiger partial charge in [0.1, 0.15) is 5.82 Å². The van der Waals surface area contributed by atoms with Gasteiger partial charge in [0.25, 0.3) is 5.91 Å². The topological polar surface area (TPSA) is 91.5 Å². The summed E-state index contributed by atoms with van der Waals surface area (Å²) in [6, 6.07) is 3.22. The van der Waals surface area contributed by atoms with Gasteiger partial charge in [-0.1, -0.05) is 12.8 Å². The molecular formula is C13H20N4O2. The summed E-state index contributed by atoms with van der Waals surface area (Å²) in [5.74, 6) is 5.62. The number of aromatic nitrogens is 1. The zero-order valence-electron chi connectivity index (χ0n) is 11.0. The lowest BCUT2D eigenvalue weighted by Crippen LogP contribution is -2.46. The van der Waals surface area contributed by atoms with Crippen molar-refractivity contribution < 1.29 is 9.90 Å². The lowest BCUT2D eigenvalue weighted by molar-refractivity contribution is 0.0268. The molecule has 2 unspecified atom stereocenters. The largest absolute Gasteiger partial charge is 0.391 e. The fourth-order valence-electron chi connectivity index (χ4n) is 2.50. The summed E-state index contributed by atoms with van der Waals surface area (Å²) in [4.78, 5) is 18.0. The predicted octanol–water partition coefficient (Wildman–Crippen LogP) is 0.743. The summed E-state index contributed by atoms with van der Waals surface area (Å²) in [6.07, 6.45) is 4.74. The number of pyridine rings is 1. The molecule has 0 bridgehead atoms. The van der Waals surface area contributed by atoms with E-state index in [9.17, 15) is 9.90 Å². The molecule has 1 aliphatic carbocycles. The number of anilines is 1. The van der Waals surface area contributed by atoms with E-state index in [1.54, 1.807) is 24.1 Å². The molecule has 1 saturated carbocycles. The summed E-state index contributed by atoms with van der Waals surface area (Å²) in [7, 11) is 1.73. The number of aliphatic hydroxyl groups excluding tert-OH is 1. The number of nitrogen functional groups attached to an aromatic ring is 1. The Balaban J connectivity index is 2.08. The van der Waals surface area contributed by atoms with Gasteiger partial charge in [-0.2, -0.15) is 0 Å². The minimum absolute atomic E-state index is 0.103. The number of nitrogens with two attached hydrogens (primary N) is 1. The number of hydrogen-bond donors (Lipinski definition) is 3. The predicted molar refractivity (Wildman–Crippen MR) is 72.4 cm³/mol. The molecule has 0 spiro atoms. The molecule has 1 aromatic heterocycles. The quantitative estimate of drug-likeness (QED) is 0.553. The van der Waals surface area contributed by atoms with Crippen LogP contribution in [0.1, 0.15) is 36.0 Å². The van der Waals surface area contributed by atoms with Crippen LogP contribution >= 0.6 is 0 Å². The normalized spacial score (nSPS) is 22.9. The lowest BCUT2D eigenvalue weighted by atomic mass is 9.91. The molecule has 104 valence electrons. The Kier molecular flexibility index (Phi) is 4.34. The Labute approximate surface area is 112 Å². The van der Waals surface area contributed by atoms with E-state index in [-0.39, 0.29) is 11.9 Å². The Morgan fingerprint density at radius 3 is 2.79 bits per heavy atom. The van der Waals surface area contributed by atoms with E-state index in [1.165, 1.54) is 6.20 Å². The Morgan fingerprint density at radius 1 is 1.47 bits per heavy atom. The third-order valence-corrected chi connectivity index (χ3v) is 3.67. The van der Waals surface area contributed by atoms with Gasteiger partial charge >= 0.3 is 0 Å². The average Bonchev–Trinajstić information content (AvgIpc) is 2.46. The summed E-state index contributed by atoms with van der Waals surface area (Å²) in [5, 5.41) is 9.98. The van der Waals surface area contributed by atoms with Crippen molar-refractivity contribution in [2.45, 2.75) is 37.8 Å². The fourth-order valence-corrected chi connectivity index (χ4v) is 2.50. The highest BCUT2D eigenvalue weighted by Crippen LogP contribution is 2.23. The van der Waals surface area contributed by atoms with Gasteiger partial charge in [-0.15, -0.1) is 0 Å². The second kappa shape index (κ2) is 5.99. The van der Waals surface area contributed by atoms with Crippen molar-refractivity contribution in [3.8, 4) is 0 Å². The van der Waals surface area contributed by atoms with Gasteiger partial charge in [-0.3, -0.25) is 4.79 Å². The summed E-state index contributed by atoms with van der Waals surface area (Å²) >= 11 is 0. The second-order valence-electron chi connectivity index (χ2n) is 4.91. The first-order chi connectivity index (χ1) is 9.13. The fraction of sp³-hybridized carbons (Fsp3) is 0.538. The number of carbonyl (C=O) groups excluding carboxylic acids is 1. The minimum Gasteiger partial charge on any atom is -0.391 e. The highest BCUT2D eigenvalue weighted by Gasteiger charge is 2.29. The zero-order chi connectivity index (χ0) is 13.8. The number of nitrogens with zero attached hydrogens (tertiary/aromatic N) is 2. The smallest absolute Gasteiger partial charge is 0.255 e. The standard InChI is InChI=1S/C13H20N4O2/c1-17(10-4-2-3-5-11(10)18)13(19)9-6-7-12(16-14)15-8-9/h6-8,10-11,18H,2-5,14H2,1H3,(H,15,16). The molecule has 4 N–H and O–H groups in total. The van der Waals surface area contributed by atoms with Gasteiger partial charge in [0, 0.05) is 13.2 Å². The number of nitrogens with one attached hydrogen (secondary N) is 1. The molecule has 19 heavy (non-hydrogen) atoms. The number of likely N-dealkylation sites (N-methyl/N-ethyl adjacent to an activating group) is 1. The number of aliphatic hydroxyl groups is 1. The zero-order valence-corrected chi connectivity index (χ0v) is 11.0. The van der Waals surface area contributed by atoms with Crippen molar-refractivity contribution >= 4 is 11.7 Å². The molecule has 1 aliphatic rings. The van der Waals surface area contributed by atoms with E-state index in [0.717, 1.165) is 25.7 Å². The summed E-state index contributed by atoms with van der Waals surface area (Å²) < 4.78 is 0. The van der Waals surface area contributed by atoms with E-state index < -0.39 is 6.10 Å². The molecule has 6 nitrogen and oxygen atoms in total. The van der Waals surface area contributed by atoms with E-state index in [4.69, 9.17) is 5.84 Å². The first-order valence-electron chi connectivity index (χ1n) is 6.51. The maximum absolute atomic E-state index is 12.3. The van der Waals surface area contributed by atoms with Crippen LogP contribution in [0.2, 0.25) is 0 Å². The average molecular weight is 264 g/mol.